The van der Waals surface area contributed by atoms with Gasteiger partial charge in [-0.05, 0) is 85.6 Å². The van der Waals surface area contributed by atoms with E-state index in [2.05, 4.69) is 20.5 Å². The van der Waals surface area contributed by atoms with Crippen molar-refractivity contribution in [2.45, 2.75) is 45.1 Å². The number of pyridine rings is 1. The monoisotopic (exact) mass is 483 g/mol. The number of hydrogen-bond acceptors (Lipinski definition) is 7. The molecule has 2 fully saturated rings. The molecule has 184 valence electrons. The van der Waals surface area contributed by atoms with Gasteiger partial charge in [-0.15, -0.1) is 5.10 Å². The fraction of sp³-hybridized carbons (Fsp3) is 0.458. The smallest absolute Gasteiger partial charge is 0.410 e. The third kappa shape index (κ3) is 4.42. The number of hydrogen-bond donors (Lipinski definition) is 1. The Balaban J connectivity index is 1.36. The van der Waals surface area contributed by atoms with Crippen LogP contribution in [0, 0.1) is 23.5 Å². The number of carbonyl (C=O) groups is 1. The van der Waals surface area contributed by atoms with Gasteiger partial charge in [-0.3, -0.25) is 0 Å². The maximum absolute atomic E-state index is 14.4. The normalized spacial score (nSPS) is 21.9. The summed E-state index contributed by atoms with van der Waals surface area (Å²) in [5, 5.41) is 11.5. The lowest BCUT2D eigenvalue weighted by molar-refractivity contribution is 0.0279. The van der Waals surface area contributed by atoms with Gasteiger partial charge in [0.1, 0.15) is 17.1 Å². The van der Waals surface area contributed by atoms with Crippen molar-refractivity contribution in [1.29, 1.82) is 0 Å². The molecular formula is C24H27F2N7O2. The van der Waals surface area contributed by atoms with E-state index >= 15 is 0 Å². The van der Waals surface area contributed by atoms with Crippen molar-refractivity contribution in [3.05, 3.63) is 47.7 Å². The molecule has 3 aromatic rings. The van der Waals surface area contributed by atoms with Crippen molar-refractivity contribution < 1.29 is 18.3 Å². The van der Waals surface area contributed by atoms with Crippen LogP contribution >= 0.6 is 0 Å². The number of amides is 1. The van der Waals surface area contributed by atoms with Crippen LogP contribution in [-0.4, -0.2) is 54.9 Å². The van der Waals surface area contributed by atoms with Crippen molar-refractivity contribution in [2.75, 3.05) is 18.8 Å². The quantitative estimate of drug-likeness (QED) is 0.600. The number of ether oxygens (including phenoxy) is 1. The Bertz CT molecular complexity index is 1260. The van der Waals surface area contributed by atoms with Crippen LogP contribution in [-0.2, 0) is 4.74 Å². The van der Waals surface area contributed by atoms with E-state index in [9.17, 15) is 13.6 Å². The van der Waals surface area contributed by atoms with Crippen LogP contribution in [0.2, 0.25) is 0 Å². The van der Waals surface area contributed by atoms with Gasteiger partial charge in [0.2, 0.25) is 0 Å². The highest BCUT2D eigenvalue weighted by Gasteiger charge is 2.44. The second-order valence-corrected chi connectivity index (χ2v) is 10.3. The highest BCUT2D eigenvalue weighted by molar-refractivity contribution is 5.70. The highest BCUT2D eigenvalue weighted by Crippen LogP contribution is 2.47. The number of rotatable bonds is 3. The zero-order valence-electron chi connectivity index (χ0n) is 19.8. The Morgan fingerprint density at radius 1 is 1.17 bits per heavy atom. The first-order valence-electron chi connectivity index (χ1n) is 11.6. The third-order valence-electron chi connectivity index (χ3n) is 6.68. The van der Waals surface area contributed by atoms with Gasteiger partial charge in [0.15, 0.2) is 17.5 Å². The summed E-state index contributed by atoms with van der Waals surface area (Å²) in [5.74, 6) is -0.705. The molecule has 1 aliphatic heterocycles. The molecule has 3 heterocycles. The SMILES string of the molecule is CC(C)(C)OC(=O)N1CC2CC(c3cnc(N)c(-c4nnnn4-c4cccc(F)c4F)c3)CC2C1. The fourth-order valence-corrected chi connectivity index (χ4v) is 5.11. The van der Waals surface area contributed by atoms with Crippen LogP contribution in [0.4, 0.5) is 19.4 Å². The summed E-state index contributed by atoms with van der Waals surface area (Å²) in [6.45, 7) is 6.93. The Hall–Kier alpha value is -3.63. The number of carbonyl (C=O) groups excluding carboxylic acids is 1. The molecule has 35 heavy (non-hydrogen) atoms. The molecule has 9 nitrogen and oxygen atoms in total. The Labute approximate surface area is 201 Å². The van der Waals surface area contributed by atoms with Crippen molar-refractivity contribution in [2.24, 2.45) is 11.8 Å². The molecule has 2 atom stereocenters. The van der Waals surface area contributed by atoms with Gasteiger partial charge in [0, 0.05) is 19.3 Å². The molecular weight excluding hydrogens is 456 g/mol. The van der Waals surface area contributed by atoms with Gasteiger partial charge in [-0.2, -0.15) is 4.68 Å². The van der Waals surface area contributed by atoms with E-state index in [0.717, 1.165) is 29.2 Å². The molecule has 0 spiro atoms. The molecule has 2 N–H and O–H groups in total. The van der Waals surface area contributed by atoms with Crippen molar-refractivity contribution in [3.8, 4) is 17.1 Å². The van der Waals surface area contributed by atoms with E-state index < -0.39 is 17.2 Å². The number of likely N-dealkylation sites (tertiary alicyclic amines) is 1. The lowest BCUT2D eigenvalue weighted by Crippen LogP contribution is -2.36. The molecule has 2 aliphatic rings. The largest absolute Gasteiger partial charge is 0.444 e. The summed E-state index contributed by atoms with van der Waals surface area (Å²) >= 11 is 0. The van der Waals surface area contributed by atoms with Gasteiger partial charge >= 0.3 is 6.09 Å². The first-order valence-corrected chi connectivity index (χ1v) is 11.6. The summed E-state index contributed by atoms with van der Waals surface area (Å²) in [5.41, 5.74) is 6.92. The van der Waals surface area contributed by atoms with Crippen LogP contribution in [0.1, 0.15) is 45.1 Å². The maximum atomic E-state index is 14.4. The van der Waals surface area contributed by atoms with Crippen molar-refractivity contribution in [1.82, 2.24) is 30.1 Å². The molecule has 0 bridgehead atoms. The number of benzene rings is 1. The average molecular weight is 484 g/mol. The number of fused-ring (bicyclic) bond motifs is 1. The summed E-state index contributed by atoms with van der Waals surface area (Å²) in [4.78, 5) is 18.6. The Kier molecular flexibility index (Phi) is 5.65. The van der Waals surface area contributed by atoms with Crippen LogP contribution in [0.25, 0.3) is 17.1 Å². The topological polar surface area (TPSA) is 112 Å². The molecule has 1 aromatic carbocycles. The van der Waals surface area contributed by atoms with E-state index in [1.54, 1.807) is 11.1 Å². The summed E-state index contributed by atoms with van der Waals surface area (Å²) in [6.07, 6.45) is 3.28. The third-order valence-corrected chi connectivity index (χ3v) is 6.68. The number of anilines is 1. The zero-order chi connectivity index (χ0) is 24.9. The van der Waals surface area contributed by atoms with E-state index in [1.165, 1.54) is 12.1 Å². The maximum Gasteiger partial charge on any atom is 0.410 e. The molecule has 1 saturated heterocycles. The van der Waals surface area contributed by atoms with E-state index in [0.29, 0.717) is 30.5 Å². The number of nitrogens with two attached hydrogens (primary N) is 1. The van der Waals surface area contributed by atoms with Crippen molar-refractivity contribution in [3.63, 3.8) is 0 Å². The van der Waals surface area contributed by atoms with E-state index in [1.807, 2.05) is 26.8 Å². The van der Waals surface area contributed by atoms with Gasteiger partial charge in [-0.25, -0.2) is 18.6 Å². The standard InChI is InChI=1S/C24H27F2N7O2/c1-24(2,3)35-23(34)32-11-15-7-13(8-16(15)12-32)14-9-17(21(27)28-10-14)22-29-30-31-33(22)19-6-4-5-18(25)20(19)26/h4-6,9-10,13,15-16H,7-8,11-12H2,1-3H3,(H2,27,28). The van der Waals surface area contributed by atoms with Gasteiger partial charge in [-0.1, -0.05) is 6.07 Å². The van der Waals surface area contributed by atoms with Gasteiger partial charge in [0.25, 0.3) is 0 Å². The minimum atomic E-state index is -1.05. The second kappa shape index (κ2) is 8.54. The molecule has 1 aliphatic carbocycles. The average Bonchev–Trinajstić information content (AvgIpc) is 3.50. The first kappa shape index (κ1) is 23.1. The Morgan fingerprint density at radius 3 is 2.57 bits per heavy atom. The number of nitrogen functional groups attached to an aromatic ring is 1. The first-order chi connectivity index (χ1) is 16.6. The van der Waals surface area contributed by atoms with Gasteiger partial charge in [0.05, 0.1) is 5.56 Å². The second-order valence-electron chi connectivity index (χ2n) is 10.3. The number of tetrazole rings is 1. The van der Waals surface area contributed by atoms with E-state index in [-0.39, 0.29) is 29.3 Å². The molecule has 1 saturated carbocycles. The summed E-state index contributed by atoms with van der Waals surface area (Å²) < 4.78 is 34.9. The number of aromatic nitrogens is 5. The Morgan fingerprint density at radius 2 is 1.89 bits per heavy atom. The summed E-state index contributed by atoms with van der Waals surface area (Å²) in [7, 11) is 0. The highest BCUT2D eigenvalue weighted by atomic mass is 19.2. The number of nitrogens with zero attached hydrogens (tertiary/aromatic N) is 6. The predicted octanol–water partition coefficient (Wildman–Crippen LogP) is 3.95. The van der Waals surface area contributed by atoms with Crippen LogP contribution in [0.3, 0.4) is 0 Å². The minimum Gasteiger partial charge on any atom is -0.444 e. The predicted molar refractivity (Wildman–Crippen MR) is 123 cm³/mol. The zero-order valence-corrected chi connectivity index (χ0v) is 19.8. The fourth-order valence-electron chi connectivity index (χ4n) is 5.11. The molecule has 11 heteroatoms. The molecule has 2 unspecified atom stereocenters. The molecule has 2 aromatic heterocycles. The van der Waals surface area contributed by atoms with Crippen LogP contribution in [0.15, 0.2) is 30.5 Å². The van der Waals surface area contributed by atoms with Crippen LogP contribution < -0.4 is 5.73 Å². The van der Waals surface area contributed by atoms with Crippen molar-refractivity contribution >= 4 is 11.9 Å². The molecule has 1 amide bonds. The van der Waals surface area contributed by atoms with Gasteiger partial charge < -0.3 is 15.4 Å². The minimum absolute atomic E-state index is 0.118. The lowest BCUT2D eigenvalue weighted by atomic mass is 9.96. The van der Waals surface area contributed by atoms with Crippen LogP contribution in [0.5, 0.6) is 0 Å². The van der Waals surface area contributed by atoms with E-state index in [4.69, 9.17) is 10.5 Å². The number of halogens is 2. The lowest BCUT2D eigenvalue weighted by Gasteiger charge is -2.25. The molecule has 5 rings (SSSR count). The summed E-state index contributed by atoms with van der Waals surface area (Å²) in [6, 6.07) is 5.68. The molecule has 0 radical (unpaired) electrons.